The van der Waals surface area contributed by atoms with Crippen molar-refractivity contribution >= 4 is 11.6 Å². The summed E-state index contributed by atoms with van der Waals surface area (Å²) in [6.07, 6.45) is 0.229. The van der Waals surface area contributed by atoms with Crippen LogP contribution in [0.5, 0.6) is 0 Å². The lowest BCUT2D eigenvalue weighted by Gasteiger charge is -2.13. The van der Waals surface area contributed by atoms with Gasteiger partial charge in [-0.2, -0.15) is 0 Å². The monoisotopic (exact) mass is 290 g/mol. The molecule has 0 heterocycles. The third kappa shape index (κ3) is 3.83. The Kier molecular flexibility index (Phi) is 5.18. The first-order valence-electron chi connectivity index (χ1n) is 6.63. The molecule has 1 unspecified atom stereocenters. The second kappa shape index (κ2) is 6.89. The van der Waals surface area contributed by atoms with Gasteiger partial charge in [0, 0.05) is 12.1 Å². The summed E-state index contributed by atoms with van der Waals surface area (Å²) in [6.45, 7) is 2.67. The summed E-state index contributed by atoms with van der Waals surface area (Å²) < 4.78 is 5.06. The topological polar surface area (TPSA) is 29.5 Å². The van der Waals surface area contributed by atoms with Crippen LogP contribution in [0.1, 0.15) is 28.4 Å². The first-order chi connectivity index (χ1) is 9.60. The van der Waals surface area contributed by atoms with E-state index in [9.17, 15) is 5.11 Å². The van der Waals surface area contributed by atoms with Gasteiger partial charge in [-0.3, -0.25) is 0 Å². The Balaban J connectivity index is 2.17. The molecule has 2 rings (SSSR count). The van der Waals surface area contributed by atoms with Crippen molar-refractivity contribution in [3.8, 4) is 0 Å². The molecule has 0 fully saturated rings. The van der Waals surface area contributed by atoms with Gasteiger partial charge >= 0.3 is 0 Å². The van der Waals surface area contributed by atoms with Crippen molar-refractivity contribution in [1.29, 1.82) is 0 Å². The van der Waals surface area contributed by atoms with Gasteiger partial charge in [0.2, 0.25) is 0 Å². The SMILES string of the molecule is COCCc1ccc(C(O)c2cc(C)cc(Cl)c2)cc1. The zero-order chi connectivity index (χ0) is 14.5. The van der Waals surface area contributed by atoms with Crippen LogP contribution in [0.4, 0.5) is 0 Å². The summed E-state index contributed by atoms with van der Waals surface area (Å²) in [4.78, 5) is 0. The van der Waals surface area contributed by atoms with Crippen LogP contribution in [-0.4, -0.2) is 18.8 Å². The standard InChI is InChI=1S/C17H19ClO2/c1-12-9-15(11-16(18)10-12)17(19)14-5-3-13(4-6-14)7-8-20-2/h3-6,9-11,17,19H,7-8H2,1-2H3. The lowest BCUT2D eigenvalue weighted by atomic mass is 9.98. The van der Waals surface area contributed by atoms with Crippen LogP contribution in [0.15, 0.2) is 42.5 Å². The number of rotatable bonds is 5. The van der Waals surface area contributed by atoms with Gasteiger partial charge in [0.05, 0.1) is 6.61 Å². The number of halogens is 1. The fourth-order valence-corrected chi connectivity index (χ4v) is 2.50. The molecule has 3 heteroatoms. The molecule has 0 radical (unpaired) electrons. The van der Waals surface area contributed by atoms with E-state index in [0.717, 1.165) is 23.1 Å². The van der Waals surface area contributed by atoms with E-state index in [1.165, 1.54) is 5.56 Å². The van der Waals surface area contributed by atoms with Crippen molar-refractivity contribution in [2.24, 2.45) is 0 Å². The summed E-state index contributed by atoms with van der Waals surface area (Å²) in [5.41, 5.74) is 3.93. The Hall–Kier alpha value is -1.35. The van der Waals surface area contributed by atoms with Crippen LogP contribution in [0.3, 0.4) is 0 Å². The average molecular weight is 291 g/mol. The van der Waals surface area contributed by atoms with E-state index in [1.54, 1.807) is 13.2 Å². The van der Waals surface area contributed by atoms with E-state index in [1.807, 2.05) is 43.3 Å². The van der Waals surface area contributed by atoms with E-state index in [-0.39, 0.29) is 0 Å². The highest BCUT2D eigenvalue weighted by Gasteiger charge is 2.11. The molecular formula is C17H19ClO2. The summed E-state index contributed by atoms with van der Waals surface area (Å²) in [6, 6.07) is 13.6. The number of methoxy groups -OCH3 is 1. The molecule has 20 heavy (non-hydrogen) atoms. The molecular weight excluding hydrogens is 272 g/mol. The predicted octanol–water partition coefficient (Wildman–Crippen LogP) is 3.92. The molecule has 1 atom stereocenters. The van der Waals surface area contributed by atoms with Crippen molar-refractivity contribution < 1.29 is 9.84 Å². The van der Waals surface area contributed by atoms with E-state index >= 15 is 0 Å². The van der Waals surface area contributed by atoms with Gasteiger partial charge in [-0.1, -0.05) is 41.9 Å². The number of benzene rings is 2. The Labute approximate surface area is 125 Å². The maximum Gasteiger partial charge on any atom is 0.104 e. The third-order valence-electron chi connectivity index (χ3n) is 3.27. The molecule has 2 nitrogen and oxygen atoms in total. The Bertz CT molecular complexity index is 543. The molecule has 106 valence electrons. The van der Waals surface area contributed by atoms with Gasteiger partial charge in [-0.25, -0.2) is 0 Å². The van der Waals surface area contributed by atoms with E-state index < -0.39 is 6.10 Å². The maximum atomic E-state index is 10.4. The predicted molar refractivity (Wildman–Crippen MR) is 82.3 cm³/mol. The molecule has 2 aromatic carbocycles. The highest BCUT2D eigenvalue weighted by Crippen LogP contribution is 2.26. The van der Waals surface area contributed by atoms with Crippen LogP contribution >= 0.6 is 11.6 Å². The second-order valence-corrected chi connectivity index (χ2v) is 5.39. The second-order valence-electron chi connectivity index (χ2n) is 4.95. The number of ether oxygens (including phenoxy) is 1. The Morgan fingerprint density at radius 1 is 1.10 bits per heavy atom. The molecule has 0 aliphatic carbocycles. The zero-order valence-corrected chi connectivity index (χ0v) is 12.5. The summed E-state index contributed by atoms with van der Waals surface area (Å²) >= 11 is 6.04. The Morgan fingerprint density at radius 3 is 2.40 bits per heavy atom. The van der Waals surface area contributed by atoms with E-state index in [2.05, 4.69) is 0 Å². The number of hydrogen-bond acceptors (Lipinski definition) is 2. The minimum atomic E-state index is -0.649. The molecule has 1 N–H and O–H groups in total. The molecule has 0 aliphatic heterocycles. The molecule has 0 bridgehead atoms. The maximum absolute atomic E-state index is 10.4. The van der Waals surface area contributed by atoms with Crippen LogP contribution in [0.2, 0.25) is 5.02 Å². The van der Waals surface area contributed by atoms with Crippen molar-refractivity contribution in [2.45, 2.75) is 19.4 Å². The van der Waals surface area contributed by atoms with Crippen molar-refractivity contribution in [3.05, 3.63) is 69.7 Å². The molecule has 0 saturated heterocycles. The van der Waals surface area contributed by atoms with Crippen LogP contribution in [0.25, 0.3) is 0 Å². The van der Waals surface area contributed by atoms with Crippen molar-refractivity contribution in [2.75, 3.05) is 13.7 Å². The fourth-order valence-electron chi connectivity index (χ4n) is 2.20. The summed E-state index contributed by atoms with van der Waals surface area (Å²) in [5.74, 6) is 0. The Morgan fingerprint density at radius 2 is 1.80 bits per heavy atom. The lowest BCUT2D eigenvalue weighted by Crippen LogP contribution is -2.01. The molecule has 0 amide bonds. The van der Waals surface area contributed by atoms with Gasteiger partial charge < -0.3 is 9.84 Å². The summed E-state index contributed by atoms with van der Waals surface area (Å²) in [5, 5.41) is 11.1. The minimum Gasteiger partial charge on any atom is -0.384 e. The van der Waals surface area contributed by atoms with Gasteiger partial charge in [0.1, 0.15) is 6.10 Å². The van der Waals surface area contributed by atoms with Gasteiger partial charge in [-0.05, 0) is 47.7 Å². The van der Waals surface area contributed by atoms with E-state index in [4.69, 9.17) is 16.3 Å². The number of hydrogen-bond donors (Lipinski definition) is 1. The first-order valence-corrected chi connectivity index (χ1v) is 7.01. The quantitative estimate of drug-likeness (QED) is 0.904. The third-order valence-corrected chi connectivity index (χ3v) is 3.49. The largest absolute Gasteiger partial charge is 0.384 e. The zero-order valence-electron chi connectivity index (χ0n) is 11.8. The molecule has 0 aromatic heterocycles. The smallest absolute Gasteiger partial charge is 0.104 e. The lowest BCUT2D eigenvalue weighted by molar-refractivity contribution is 0.202. The number of aliphatic hydroxyl groups excluding tert-OH is 1. The highest BCUT2D eigenvalue weighted by molar-refractivity contribution is 6.30. The van der Waals surface area contributed by atoms with E-state index in [0.29, 0.717) is 11.6 Å². The summed E-state index contributed by atoms with van der Waals surface area (Å²) in [7, 11) is 1.69. The fraction of sp³-hybridized carbons (Fsp3) is 0.294. The molecule has 2 aromatic rings. The van der Waals surface area contributed by atoms with Crippen LogP contribution in [-0.2, 0) is 11.2 Å². The van der Waals surface area contributed by atoms with Gasteiger partial charge in [0.15, 0.2) is 0 Å². The molecule has 0 saturated carbocycles. The van der Waals surface area contributed by atoms with Gasteiger partial charge in [-0.15, -0.1) is 0 Å². The van der Waals surface area contributed by atoms with Gasteiger partial charge in [0.25, 0.3) is 0 Å². The van der Waals surface area contributed by atoms with Crippen LogP contribution in [0, 0.1) is 6.92 Å². The number of aryl methyl sites for hydroxylation is 1. The normalized spacial score (nSPS) is 12.4. The number of aliphatic hydroxyl groups is 1. The van der Waals surface area contributed by atoms with Crippen molar-refractivity contribution in [1.82, 2.24) is 0 Å². The average Bonchev–Trinajstić information content (AvgIpc) is 2.44. The minimum absolute atomic E-state index is 0.649. The van der Waals surface area contributed by atoms with Crippen LogP contribution < -0.4 is 0 Å². The highest BCUT2D eigenvalue weighted by atomic mass is 35.5. The first kappa shape index (κ1) is 15.0. The molecule has 0 aliphatic rings. The molecule has 0 spiro atoms. The van der Waals surface area contributed by atoms with Crippen molar-refractivity contribution in [3.63, 3.8) is 0 Å².